The fourth-order valence-corrected chi connectivity index (χ4v) is 0. The van der Waals surface area contributed by atoms with Crippen molar-refractivity contribution in [3.05, 3.63) is 0 Å². The van der Waals surface area contributed by atoms with E-state index in [-0.39, 0.29) is 6.23 Å². The fraction of sp³-hybridized carbons (Fsp3) is 1.00. The summed E-state index contributed by atoms with van der Waals surface area (Å²) in [6.07, 6.45) is -0.264. The SMILES string of the molecule is CC(O)[N+](C)(C)C.CNC. The van der Waals surface area contributed by atoms with Gasteiger partial charge in [0.15, 0.2) is 6.23 Å². The Hall–Kier alpha value is -0.120. The molecule has 0 aliphatic carbocycles. The molecule has 0 aliphatic heterocycles. The van der Waals surface area contributed by atoms with Gasteiger partial charge < -0.3 is 14.9 Å². The molecule has 3 nitrogen and oxygen atoms in total. The lowest BCUT2D eigenvalue weighted by atomic mass is 10.5. The van der Waals surface area contributed by atoms with Crippen LogP contribution >= 0.6 is 0 Å². The standard InChI is InChI=1S/C5H14NO.C2H7N/c1-5(7)6(2,3)4;1-3-2/h5,7H,1-4H3;3H,1-2H3/q+1;. The number of aliphatic hydroxyl groups excluding tert-OH is 1. The molecule has 0 aliphatic rings. The molecule has 0 spiro atoms. The maximum atomic E-state index is 8.86. The van der Waals surface area contributed by atoms with Crippen molar-refractivity contribution < 1.29 is 9.59 Å². The highest BCUT2D eigenvalue weighted by Gasteiger charge is 2.12. The monoisotopic (exact) mass is 149 g/mol. The predicted octanol–water partition coefficient (Wildman–Crippen LogP) is -0.133. The van der Waals surface area contributed by atoms with E-state index in [2.05, 4.69) is 5.32 Å². The molecule has 0 radical (unpaired) electrons. The van der Waals surface area contributed by atoms with Crippen molar-refractivity contribution >= 4 is 0 Å². The third-order valence-electron chi connectivity index (χ3n) is 1.12. The molecule has 0 saturated carbocycles. The number of aliphatic hydroxyl groups is 1. The van der Waals surface area contributed by atoms with Crippen LogP contribution < -0.4 is 5.32 Å². The topological polar surface area (TPSA) is 32.3 Å². The quantitative estimate of drug-likeness (QED) is 0.402. The zero-order valence-electron chi connectivity index (χ0n) is 7.97. The van der Waals surface area contributed by atoms with Crippen LogP contribution in [0.15, 0.2) is 0 Å². The zero-order chi connectivity index (χ0) is 8.78. The Bertz CT molecular complexity index is 66.5. The summed E-state index contributed by atoms with van der Waals surface area (Å²) in [6.45, 7) is 1.78. The molecule has 0 heterocycles. The molecule has 10 heavy (non-hydrogen) atoms. The highest BCUT2D eigenvalue weighted by atomic mass is 16.3. The third-order valence-corrected chi connectivity index (χ3v) is 1.12. The zero-order valence-corrected chi connectivity index (χ0v) is 7.97. The van der Waals surface area contributed by atoms with E-state index < -0.39 is 0 Å². The average molecular weight is 149 g/mol. The highest BCUT2D eigenvalue weighted by molar-refractivity contribution is 4.18. The van der Waals surface area contributed by atoms with Gasteiger partial charge in [-0.25, -0.2) is 0 Å². The van der Waals surface area contributed by atoms with Crippen LogP contribution in [-0.2, 0) is 0 Å². The van der Waals surface area contributed by atoms with Gasteiger partial charge in [-0.2, -0.15) is 0 Å². The van der Waals surface area contributed by atoms with Gasteiger partial charge in [-0.05, 0) is 14.1 Å². The lowest BCUT2D eigenvalue weighted by Gasteiger charge is -2.26. The summed E-state index contributed by atoms with van der Waals surface area (Å²) >= 11 is 0. The molecular weight excluding hydrogens is 128 g/mol. The Labute approximate surface area is 64.2 Å². The molecule has 1 unspecified atom stereocenters. The van der Waals surface area contributed by atoms with Gasteiger partial charge in [0.25, 0.3) is 0 Å². The highest BCUT2D eigenvalue weighted by Crippen LogP contribution is 1.94. The second-order valence-corrected chi connectivity index (χ2v) is 3.25. The summed E-state index contributed by atoms with van der Waals surface area (Å²) < 4.78 is 0.611. The minimum absolute atomic E-state index is 0.264. The third kappa shape index (κ3) is 10.8. The fourth-order valence-electron chi connectivity index (χ4n) is 0. The van der Waals surface area contributed by atoms with Gasteiger partial charge in [0.1, 0.15) is 0 Å². The van der Waals surface area contributed by atoms with Gasteiger partial charge in [0, 0.05) is 6.92 Å². The van der Waals surface area contributed by atoms with Crippen LogP contribution in [0.2, 0.25) is 0 Å². The van der Waals surface area contributed by atoms with E-state index in [0.717, 1.165) is 0 Å². The number of quaternary nitrogens is 1. The van der Waals surface area contributed by atoms with E-state index >= 15 is 0 Å². The molecule has 0 aromatic carbocycles. The summed E-state index contributed by atoms with van der Waals surface area (Å²) in [5.41, 5.74) is 0. The Balaban J connectivity index is 0. The maximum Gasteiger partial charge on any atom is 0.187 e. The predicted molar refractivity (Wildman–Crippen MR) is 44.7 cm³/mol. The van der Waals surface area contributed by atoms with E-state index in [0.29, 0.717) is 4.48 Å². The van der Waals surface area contributed by atoms with E-state index in [1.807, 2.05) is 35.2 Å². The first-order valence-corrected chi connectivity index (χ1v) is 3.44. The van der Waals surface area contributed by atoms with Gasteiger partial charge in [-0.15, -0.1) is 0 Å². The summed E-state index contributed by atoms with van der Waals surface area (Å²) in [4.78, 5) is 0. The van der Waals surface area contributed by atoms with Crippen molar-refractivity contribution in [3.8, 4) is 0 Å². The number of hydrogen-bond acceptors (Lipinski definition) is 2. The molecule has 0 saturated heterocycles. The van der Waals surface area contributed by atoms with Crippen molar-refractivity contribution in [3.63, 3.8) is 0 Å². The second kappa shape index (κ2) is 5.65. The lowest BCUT2D eigenvalue weighted by Crippen LogP contribution is -2.42. The molecule has 1 atom stereocenters. The Morgan fingerprint density at radius 3 is 1.30 bits per heavy atom. The number of hydrogen-bond donors (Lipinski definition) is 2. The van der Waals surface area contributed by atoms with Crippen LogP contribution in [0.25, 0.3) is 0 Å². The molecule has 0 amide bonds. The number of rotatable bonds is 1. The Kier molecular flexibility index (Phi) is 7.09. The largest absolute Gasteiger partial charge is 0.345 e. The van der Waals surface area contributed by atoms with E-state index in [1.165, 1.54) is 0 Å². The van der Waals surface area contributed by atoms with E-state index in [4.69, 9.17) is 5.11 Å². The molecular formula is C7H21N2O+. The Morgan fingerprint density at radius 1 is 1.20 bits per heavy atom. The smallest absolute Gasteiger partial charge is 0.187 e. The number of nitrogens with zero attached hydrogens (tertiary/aromatic N) is 1. The average Bonchev–Trinajstić information content (AvgIpc) is 1.64. The van der Waals surface area contributed by atoms with Crippen molar-refractivity contribution in [1.29, 1.82) is 0 Å². The second-order valence-electron chi connectivity index (χ2n) is 3.25. The van der Waals surface area contributed by atoms with Crippen LogP contribution in [0, 0.1) is 0 Å². The van der Waals surface area contributed by atoms with Gasteiger partial charge >= 0.3 is 0 Å². The maximum absolute atomic E-state index is 8.86. The number of nitrogens with one attached hydrogen (secondary N) is 1. The van der Waals surface area contributed by atoms with Crippen LogP contribution in [-0.4, -0.2) is 51.1 Å². The van der Waals surface area contributed by atoms with Crippen molar-refractivity contribution in [2.75, 3.05) is 35.2 Å². The molecule has 0 bridgehead atoms. The minimum Gasteiger partial charge on any atom is -0.345 e. The van der Waals surface area contributed by atoms with Crippen LogP contribution in [0.4, 0.5) is 0 Å². The molecule has 3 heteroatoms. The normalized spacial score (nSPS) is 13.5. The van der Waals surface area contributed by atoms with Gasteiger partial charge in [0.2, 0.25) is 0 Å². The summed E-state index contributed by atoms with van der Waals surface area (Å²) in [6, 6.07) is 0. The molecule has 0 fully saturated rings. The first-order valence-electron chi connectivity index (χ1n) is 3.44. The summed E-state index contributed by atoms with van der Waals surface area (Å²) in [5.74, 6) is 0. The molecule has 0 aromatic rings. The molecule has 0 aromatic heterocycles. The van der Waals surface area contributed by atoms with Crippen molar-refractivity contribution in [2.24, 2.45) is 0 Å². The Morgan fingerprint density at radius 2 is 1.30 bits per heavy atom. The van der Waals surface area contributed by atoms with Gasteiger partial charge in [-0.3, -0.25) is 0 Å². The molecule has 0 rings (SSSR count). The van der Waals surface area contributed by atoms with Crippen molar-refractivity contribution in [1.82, 2.24) is 5.32 Å². The minimum atomic E-state index is -0.264. The molecule has 64 valence electrons. The molecule has 2 N–H and O–H groups in total. The van der Waals surface area contributed by atoms with Crippen LogP contribution in [0.1, 0.15) is 6.92 Å². The van der Waals surface area contributed by atoms with E-state index in [9.17, 15) is 0 Å². The van der Waals surface area contributed by atoms with E-state index in [1.54, 1.807) is 6.92 Å². The van der Waals surface area contributed by atoms with Gasteiger partial charge in [-0.1, -0.05) is 0 Å². The van der Waals surface area contributed by atoms with Crippen molar-refractivity contribution in [2.45, 2.75) is 13.2 Å². The summed E-state index contributed by atoms with van der Waals surface area (Å²) in [5, 5.41) is 11.6. The van der Waals surface area contributed by atoms with Crippen LogP contribution in [0.3, 0.4) is 0 Å². The lowest BCUT2D eigenvalue weighted by molar-refractivity contribution is -0.916. The first-order chi connectivity index (χ1) is 4.36. The van der Waals surface area contributed by atoms with Crippen LogP contribution in [0.5, 0.6) is 0 Å². The summed E-state index contributed by atoms with van der Waals surface area (Å²) in [7, 11) is 9.60. The first kappa shape index (κ1) is 12.5. The van der Waals surface area contributed by atoms with Gasteiger partial charge in [0.05, 0.1) is 21.1 Å².